The van der Waals surface area contributed by atoms with Crippen LogP contribution in [0.15, 0.2) is 24.4 Å². The number of aromatic nitrogens is 2. The fourth-order valence-electron chi connectivity index (χ4n) is 5.55. The molecule has 0 radical (unpaired) electrons. The maximum absolute atomic E-state index is 14.4. The Morgan fingerprint density at radius 2 is 1.71 bits per heavy atom. The Balaban J connectivity index is 1.70. The van der Waals surface area contributed by atoms with Gasteiger partial charge >= 0.3 is 12.1 Å². The topological polar surface area (TPSA) is 92.5 Å². The summed E-state index contributed by atoms with van der Waals surface area (Å²) in [6.45, 7) is 3.29. The molecule has 2 saturated carbocycles. The third-order valence-electron chi connectivity index (χ3n) is 7.84. The molecule has 1 N–H and O–H groups in total. The van der Waals surface area contributed by atoms with Crippen molar-refractivity contribution in [1.29, 1.82) is 0 Å². The molecule has 38 heavy (non-hydrogen) atoms. The van der Waals surface area contributed by atoms with Crippen LogP contribution in [0.1, 0.15) is 84.8 Å². The maximum Gasteiger partial charge on any atom is 0.433 e. The lowest BCUT2D eigenvalue weighted by molar-refractivity contribution is -0.147. The van der Waals surface area contributed by atoms with Crippen LogP contribution < -0.4 is 0 Å². The SMILES string of the molecule is CC1(C)CC[C@H]1N(CC(=O)c1c(Cl)cccc1Cl)C(=O)c1cnn(C2CCC(C(=O)O)CC2)c1C(F)(F)F. The van der Waals surface area contributed by atoms with Crippen molar-refractivity contribution in [3.63, 3.8) is 0 Å². The number of aliphatic carboxylic acids is 1. The van der Waals surface area contributed by atoms with E-state index in [1.807, 2.05) is 13.8 Å². The number of rotatable bonds is 7. The predicted molar refractivity (Wildman–Crippen MR) is 134 cm³/mol. The van der Waals surface area contributed by atoms with Crippen molar-refractivity contribution < 1.29 is 32.7 Å². The van der Waals surface area contributed by atoms with Gasteiger partial charge in [0.05, 0.1) is 45.9 Å². The van der Waals surface area contributed by atoms with Gasteiger partial charge in [-0.3, -0.25) is 19.1 Å². The minimum Gasteiger partial charge on any atom is -0.481 e. The van der Waals surface area contributed by atoms with Gasteiger partial charge in [-0.15, -0.1) is 0 Å². The number of benzene rings is 1. The first-order valence-corrected chi connectivity index (χ1v) is 13.1. The van der Waals surface area contributed by atoms with E-state index >= 15 is 0 Å². The van der Waals surface area contributed by atoms with Gasteiger partial charge in [0.25, 0.3) is 5.91 Å². The average Bonchev–Trinajstić information content (AvgIpc) is 3.28. The molecular weight excluding hydrogens is 546 g/mol. The Hall–Kier alpha value is -2.59. The molecule has 1 atom stereocenters. The second-order valence-electron chi connectivity index (χ2n) is 10.7. The third-order valence-corrected chi connectivity index (χ3v) is 8.47. The summed E-state index contributed by atoms with van der Waals surface area (Å²) >= 11 is 12.4. The van der Waals surface area contributed by atoms with E-state index in [0.717, 1.165) is 17.3 Å². The van der Waals surface area contributed by atoms with Gasteiger partial charge in [-0.25, -0.2) is 0 Å². The number of carbonyl (C=O) groups excluding carboxylic acids is 2. The fraction of sp³-hybridized carbons (Fsp3) is 0.538. The van der Waals surface area contributed by atoms with Crippen LogP contribution in [0.5, 0.6) is 0 Å². The number of hydrogen-bond donors (Lipinski definition) is 1. The number of carboxylic acids is 1. The predicted octanol–water partition coefficient (Wildman–Crippen LogP) is 6.54. The third kappa shape index (κ3) is 5.43. The molecule has 2 fully saturated rings. The van der Waals surface area contributed by atoms with Crippen molar-refractivity contribution in [3.8, 4) is 0 Å². The number of hydrogen-bond acceptors (Lipinski definition) is 4. The molecule has 2 aliphatic carbocycles. The summed E-state index contributed by atoms with van der Waals surface area (Å²) in [7, 11) is 0. The first-order valence-electron chi connectivity index (χ1n) is 12.4. The van der Waals surface area contributed by atoms with Crippen LogP contribution in [-0.2, 0) is 11.0 Å². The molecule has 1 heterocycles. The molecule has 0 saturated heterocycles. The molecule has 4 rings (SSSR count). The molecule has 2 aromatic rings. The maximum atomic E-state index is 14.4. The molecule has 0 unspecified atom stereocenters. The molecule has 0 spiro atoms. The summed E-state index contributed by atoms with van der Waals surface area (Å²) in [4.78, 5) is 39.5. The second-order valence-corrected chi connectivity index (χ2v) is 11.5. The highest BCUT2D eigenvalue weighted by atomic mass is 35.5. The lowest BCUT2D eigenvalue weighted by Crippen LogP contribution is -2.56. The minimum atomic E-state index is -4.90. The molecule has 206 valence electrons. The van der Waals surface area contributed by atoms with Gasteiger partial charge in [0.2, 0.25) is 0 Å². The number of halogens is 5. The summed E-state index contributed by atoms with van der Waals surface area (Å²) in [6.07, 6.45) is -1.91. The Kier molecular flexibility index (Phi) is 7.87. The zero-order chi connectivity index (χ0) is 28.0. The summed E-state index contributed by atoms with van der Waals surface area (Å²) in [5.41, 5.74) is -2.23. The number of alkyl halides is 3. The Morgan fingerprint density at radius 1 is 1.11 bits per heavy atom. The van der Waals surface area contributed by atoms with Gasteiger partial charge in [0.15, 0.2) is 11.5 Å². The van der Waals surface area contributed by atoms with E-state index in [-0.39, 0.29) is 41.3 Å². The van der Waals surface area contributed by atoms with E-state index in [9.17, 15) is 32.7 Å². The van der Waals surface area contributed by atoms with E-state index in [2.05, 4.69) is 5.10 Å². The molecule has 1 aromatic heterocycles. The Morgan fingerprint density at radius 3 is 2.18 bits per heavy atom. The molecule has 0 aliphatic heterocycles. The highest BCUT2D eigenvalue weighted by Crippen LogP contribution is 2.45. The zero-order valence-corrected chi connectivity index (χ0v) is 22.4. The average molecular weight is 574 g/mol. The van der Waals surface area contributed by atoms with E-state index in [1.54, 1.807) is 6.07 Å². The first kappa shape index (κ1) is 28.4. The van der Waals surface area contributed by atoms with Gasteiger partial charge in [-0.1, -0.05) is 43.1 Å². The number of Topliss-reactive ketones (excluding diaryl/α,β-unsaturated/α-hetero) is 1. The number of nitrogens with zero attached hydrogens (tertiary/aromatic N) is 3. The van der Waals surface area contributed by atoms with Crippen LogP contribution in [0, 0.1) is 11.3 Å². The largest absolute Gasteiger partial charge is 0.481 e. The summed E-state index contributed by atoms with van der Waals surface area (Å²) < 4.78 is 43.9. The lowest BCUT2D eigenvalue weighted by atomic mass is 9.66. The van der Waals surface area contributed by atoms with Gasteiger partial charge in [0, 0.05) is 6.04 Å². The second kappa shape index (κ2) is 10.5. The number of ketones is 1. The van der Waals surface area contributed by atoms with Crippen molar-refractivity contribution in [2.24, 2.45) is 11.3 Å². The molecule has 1 amide bonds. The van der Waals surface area contributed by atoms with Crippen LogP contribution in [0.25, 0.3) is 0 Å². The molecule has 1 aromatic carbocycles. The molecule has 12 heteroatoms. The Bertz CT molecular complexity index is 1230. The highest BCUT2D eigenvalue weighted by Gasteiger charge is 2.48. The Labute approximate surface area is 227 Å². The fourth-order valence-corrected chi connectivity index (χ4v) is 6.16. The number of amides is 1. The highest BCUT2D eigenvalue weighted by molar-refractivity contribution is 6.40. The first-order chi connectivity index (χ1) is 17.7. The van der Waals surface area contributed by atoms with E-state index < -0.39 is 65.1 Å². The molecule has 0 bridgehead atoms. The van der Waals surface area contributed by atoms with Crippen LogP contribution in [0.4, 0.5) is 13.2 Å². The van der Waals surface area contributed by atoms with Gasteiger partial charge < -0.3 is 10.0 Å². The molecular formula is C26H28Cl2F3N3O4. The standard InChI is InChI=1S/C26H28Cl2F3N3O4/c1-25(2)11-10-20(25)33(13-19(35)21-17(27)4-3-5-18(21)28)23(36)16-12-32-34(22(16)26(29,30)31)15-8-6-14(7-9-15)24(37)38/h3-5,12,14-15,20H,6-11,13H2,1-2H3,(H,37,38)/t14?,15?,20-/m1/s1. The lowest BCUT2D eigenvalue weighted by Gasteiger charge is -2.50. The number of carbonyl (C=O) groups is 3. The molecule has 7 nitrogen and oxygen atoms in total. The van der Waals surface area contributed by atoms with E-state index in [0.29, 0.717) is 6.42 Å². The monoisotopic (exact) mass is 573 g/mol. The van der Waals surface area contributed by atoms with Crippen LogP contribution >= 0.6 is 23.2 Å². The van der Waals surface area contributed by atoms with Crippen molar-refractivity contribution in [1.82, 2.24) is 14.7 Å². The van der Waals surface area contributed by atoms with Crippen molar-refractivity contribution >= 4 is 40.9 Å². The van der Waals surface area contributed by atoms with E-state index in [4.69, 9.17) is 23.2 Å². The van der Waals surface area contributed by atoms with Crippen LogP contribution in [0.3, 0.4) is 0 Å². The van der Waals surface area contributed by atoms with Gasteiger partial charge in [-0.05, 0) is 56.1 Å². The van der Waals surface area contributed by atoms with Gasteiger partial charge in [0.1, 0.15) is 0 Å². The zero-order valence-electron chi connectivity index (χ0n) is 20.9. The molecule has 2 aliphatic rings. The van der Waals surface area contributed by atoms with Crippen LogP contribution in [0.2, 0.25) is 10.0 Å². The van der Waals surface area contributed by atoms with Crippen molar-refractivity contribution in [2.45, 2.75) is 70.6 Å². The summed E-state index contributed by atoms with van der Waals surface area (Å²) in [5, 5.41) is 13.4. The van der Waals surface area contributed by atoms with Crippen molar-refractivity contribution in [2.75, 3.05) is 6.54 Å². The normalized spacial score (nSPS) is 23.0. The van der Waals surface area contributed by atoms with Gasteiger partial charge in [-0.2, -0.15) is 18.3 Å². The van der Waals surface area contributed by atoms with E-state index in [1.165, 1.54) is 17.0 Å². The van der Waals surface area contributed by atoms with Crippen molar-refractivity contribution in [3.05, 3.63) is 51.3 Å². The number of carboxylic acid groups (broad SMARTS) is 1. The quantitative estimate of drug-likeness (QED) is 0.380. The smallest absolute Gasteiger partial charge is 0.433 e. The minimum absolute atomic E-state index is 0.00712. The van der Waals surface area contributed by atoms with Crippen LogP contribution in [-0.4, -0.2) is 50.0 Å². The summed E-state index contributed by atoms with van der Waals surface area (Å²) in [5.74, 6) is -3.11. The summed E-state index contributed by atoms with van der Waals surface area (Å²) in [6, 6.07) is 3.35.